The molecular formula is C17H19ClN2O3. The van der Waals surface area contributed by atoms with Crippen LogP contribution in [0.1, 0.15) is 17.3 Å². The molecule has 2 aromatic carbocycles. The van der Waals surface area contributed by atoms with Gasteiger partial charge in [0.25, 0.3) is 5.91 Å². The first-order valence-corrected chi connectivity index (χ1v) is 7.49. The summed E-state index contributed by atoms with van der Waals surface area (Å²) >= 11 is 6.01. The SMILES string of the molecule is CC(O)(CNC(=O)c1ccccc1)COc1ccc(N)cc1Cl. The first-order chi connectivity index (χ1) is 10.9. The Balaban J connectivity index is 1.88. The van der Waals surface area contributed by atoms with Crippen molar-refractivity contribution >= 4 is 23.2 Å². The van der Waals surface area contributed by atoms with Gasteiger partial charge >= 0.3 is 0 Å². The molecule has 0 spiro atoms. The van der Waals surface area contributed by atoms with Crippen LogP contribution in [0.4, 0.5) is 5.69 Å². The highest BCUT2D eigenvalue weighted by Crippen LogP contribution is 2.27. The van der Waals surface area contributed by atoms with Crippen LogP contribution in [0.25, 0.3) is 0 Å². The van der Waals surface area contributed by atoms with Gasteiger partial charge in [-0.05, 0) is 37.3 Å². The number of halogens is 1. The molecule has 0 aliphatic rings. The highest BCUT2D eigenvalue weighted by atomic mass is 35.5. The Hall–Kier alpha value is -2.24. The third kappa shape index (κ3) is 5.16. The zero-order chi connectivity index (χ0) is 16.9. The highest BCUT2D eigenvalue weighted by molar-refractivity contribution is 6.32. The molecule has 0 radical (unpaired) electrons. The van der Waals surface area contributed by atoms with E-state index in [0.717, 1.165) is 0 Å². The maximum absolute atomic E-state index is 12.0. The van der Waals surface area contributed by atoms with Crippen LogP contribution in [-0.4, -0.2) is 29.8 Å². The summed E-state index contributed by atoms with van der Waals surface area (Å²) in [5, 5.41) is 13.4. The topological polar surface area (TPSA) is 84.6 Å². The molecule has 1 amide bonds. The second-order valence-electron chi connectivity index (χ2n) is 5.52. The molecule has 1 atom stereocenters. The van der Waals surface area contributed by atoms with Crippen molar-refractivity contribution in [3.8, 4) is 5.75 Å². The quantitative estimate of drug-likeness (QED) is 0.708. The van der Waals surface area contributed by atoms with E-state index in [2.05, 4.69) is 5.32 Å². The average molecular weight is 335 g/mol. The van der Waals surface area contributed by atoms with E-state index in [4.69, 9.17) is 22.1 Å². The molecule has 0 aromatic heterocycles. The van der Waals surface area contributed by atoms with Gasteiger partial charge in [0.15, 0.2) is 0 Å². The molecule has 6 heteroatoms. The lowest BCUT2D eigenvalue weighted by molar-refractivity contribution is 0.0124. The van der Waals surface area contributed by atoms with E-state index in [0.29, 0.717) is 22.0 Å². The minimum atomic E-state index is -1.24. The Morgan fingerprint density at radius 1 is 1.30 bits per heavy atom. The molecule has 0 aliphatic carbocycles. The van der Waals surface area contributed by atoms with Crippen LogP contribution >= 0.6 is 11.6 Å². The van der Waals surface area contributed by atoms with Crippen LogP contribution in [0.15, 0.2) is 48.5 Å². The molecule has 2 rings (SSSR count). The standard InChI is InChI=1S/C17H19ClN2O3/c1-17(22,10-20-16(21)12-5-3-2-4-6-12)11-23-15-8-7-13(19)9-14(15)18/h2-9,22H,10-11,19H2,1H3,(H,20,21). The molecule has 1 unspecified atom stereocenters. The Labute approximate surface area is 140 Å². The minimum Gasteiger partial charge on any atom is -0.489 e. The number of nitrogens with one attached hydrogen (secondary N) is 1. The fourth-order valence-electron chi connectivity index (χ4n) is 1.88. The number of ether oxygens (including phenoxy) is 1. The van der Waals surface area contributed by atoms with Crippen molar-refractivity contribution in [3.63, 3.8) is 0 Å². The summed E-state index contributed by atoms with van der Waals surface area (Å²) < 4.78 is 5.51. The number of anilines is 1. The molecule has 23 heavy (non-hydrogen) atoms. The van der Waals surface area contributed by atoms with Crippen molar-refractivity contribution in [2.24, 2.45) is 0 Å². The smallest absolute Gasteiger partial charge is 0.251 e. The predicted octanol–water partition coefficient (Wildman–Crippen LogP) is 2.48. The number of carbonyl (C=O) groups is 1. The van der Waals surface area contributed by atoms with Gasteiger partial charge in [-0.15, -0.1) is 0 Å². The van der Waals surface area contributed by atoms with Gasteiger partial charge in [-0.3, -0.25) is 4.79 Å². The number of benzene rings is 2. The molecule has 0 bridgehead atoms. The monoisotopic (exact) mass is 334 g/mol. The van der Waals surface area contributed by atoms with E-state index >= 15 is 0 Å². The highest BCUT2D eigenvalue weighted by Gasteiger charge is 2.23. The fraction of sp³-hybridized carbons (Fsp3) is 0.235. The molecule has 0 saturated heterocycles. The zero-order valence-electron chi connectivity index (χ0n) is 12.8. The molecule has 2 aromatic rings. The third-order valence-electron chi connectivity index (χ3n) is 3.16. The third-order valence-corrected chi connectivity index (χ3v) is 3.46. The van der Waals surface area contributed by atoms with Gasteiger partial charge in [0.05, 0.1) is 5.02 Å². The summed E-state index contributed by atoms with van der Waals surface area (Å²) in [6.45, 7) is 1.60. The van der Waals surface area contributed by atoms with Crippen molar-refractivity contribution in [1.29, 1.82) is 0 Å². The van der Waals surface area contributed by atoms with E-state index < -0.39 is 5.60 Å². The largest absolute Gasteiger partial charge is 0.489 e. The number of nitrogens with two attached hydrogens (primary N) is 1. The minimum absolute atomic E-state index is 0.0221. The Morgan fingerprint density at radius 3 is 2.65 bits per heavy atom. The molecule has 0 heterocycles. The Kier molecular flexibility index (Phi) is 5.47. The second kappa shape index (κ2) is 7.35. The number of hydrogen-bond donors (Lipinski definition) is 3. The van der Waals surface area contributed by atoms with Gasteiger partial charge in [-0.2, -0.15) is 0 Å². The van der Waals surface area contributed by atoms with Crippen molar-refractivity contribution in [2.75, 3.05) is 18.9 Å². The van der Waals surface area contributed by atoms with E-state index in [1.807, 2.05) is 6.07 Å². The molecule has 0 saturated carbocycles. The lowest BCUT2D eigenvalue weighted by Crippen LogP contribution is -2.44. The lowest BCUT2D eigenvalue weighted by atomic mass is 10.1. The number of nitrogen functional groups attached to an aromatic ring is 1. The van der Waals surface area contributed by atoms with Crippen molar-refractivity contribution in [1.82, 2.24) is 5.32 Å². The second-order valence-corrected chi connectivity index (χ2v) is 5.93. The van der Waals surface area contributed by atoms with Gasteiger partial charge in [0.1, 0.15) is 18.0 Å². The Morgan fingerprint density at radius 2 is 2.00 bits per heavy atom. The normalized spacial score (nSPS) is 13.2. The lowest BCUT2D eigenvalue weighted by Gasteiger charge is -2.24. The Bertz CT molecular complexity index is 675. The predicted molar refractivity (Wildman–Crippen MR) is 90.8 cm³/mol. The van der Waals surface area contributed by atoms with E-state index in [1.54, 1.807) is 49.4 Å². The van der Waals surface area contributed by atoms with Crippen LogP contribution in [0.5, 0.6) is 5.75 Å². The average Bonchev–Trinajstić information content (AvgIpc) is 2.53. The number of aliphatic hydroxyl groups is 1. The zero-order valence-corrected chi connectivity index (χ0v) is 13.5. The number of carbonyl (C=O) groups excluding carboxylic acids is 1. The molecule has 4 N–H and O–H groups in total. The molecule has 0 aliphatic heterocycles. The van der Waals surface area contributed by atoms with Crippen LogP contribution in [0.2, 0.25) is 5.02 Å². The van der Waals surface area contributed by atoms with Crippen molar-refractivity contribution in [3.05, 3.63) is 59.1 Å². The molecule has 122 valence electrons. The van der Waals surface area contributed by atoms with Crippen molar-refractivity contribution < 1.29 is 14.6 Å². The van der Waals surface area contributed by atoms with E-state index in [-0.39, 0.29) is 19.1 Å². The summed E-state index contributed by atoms with van der Waals surface area (Å²) in [7, 11) is 0. The van der Waals surface area contributed by atoms with Gasteiger partial charge in [-0.25, -0.2) is 0 Å². The van der Waals surface area contributed by atoms with Crippen molar-refractivity contribution in [2.45, 2.75) is 12.5 Å². The summed E-state index contributed by atoms with van der Waals surface area (Å²) in [4.78, 5) is 12.0. The number of hydrogen-bond acceptors (Lipinski definition) is 4. The maximum atomic E-state index is 12.0. The first-order valence-electron chi connectivity index (χ1n) is 7.11. The van der Waals surface area contributed by atoms with E-state index in [1.165, 1.54) is 0 Å². The molecule has 5 nitrogen and oxygen atoms in total. The fourth-order valence-corrected chi connectivity index (χ4v) is 2.12. The summed E-state index contributed by atoms with van der Waals surface area (Å²) in [6, 6.07) is 13.7. The van der Waals surface area contributed by atoms with Crippen LogP contribution in [0, 0.1) is 0 Å². The van der Waals surface area contributed by atoms with Gasteiger partial charge in [-0.1, -0.05) is 29.8 Å². The maximum Gasteiger partial charge on any atom is 0.251 e. The van der Waals surface area contributed by atoms with Gasteiger partial charge in [0.2, 0.25) is 0 Å². The molecule has 0 fully saturated rings. The number of amides is 1. The van der Waals surface area contributed by atoms with Crippen LogP contribution in [-0.2, 0) is 0 Å². The summed E-state index contributed by atoms with van der Waals surface area (Å²) in [6.07, 6.45) is 0. The van der Waals surface area contributed by atoms with E-state index in [9.17, 15) is 9.90 Å². The van der Waals surface area contributed by atoms with Crippen LogP contribution < -0.4 is 15.8 Å². The number of rotatable bonds is 6. The summed E-state index contributed by atoms with van der Waals surface area (Å²) in [5.74, 6) is 0.173. The van der Waals surface area contributed by atoms with Gasteiger partial charge < -0.3 is 20.9 Å². The first kappa shape index (κ1) is 17.1. The van der Waals surface area contributed by atoms with Gasteiger partial charge in [0, 0.05) is 17.8 Å². The summed E-state index contributed by atoms with van der Waals surface area (Å²) in [5.41, 5.74) is 5.43. The molecular weight excluding hydrogens is 316 g/mol. The van der Waals surface area contributed by atoms with Crippen LogP contribution in [0.3, 0.4) is 0 Å².